The highest BCUT2D eigenvalue weighted by atomic mass is 16.4. The van der Waals surface area contributed by atoms with Crippen molar-refractivity contribution in [1.29, 1.82) is 0 Å². The van der Waals surface area contributed by atoms with Crippen molar-refractivity contribution in [2.75, 3.05) is 0 Å². The second-order valence-corrected chi connectivity index (χ2v) is 6.33. The molecule has 0 aromatic rings. The normalized spacial score (nSPS) is 14.7. The summed E-state index contributed by atoms with van der Waals surface area (Å²) in [5.74, 6) is -2.00. The molecule has 1 unspecified atom stereocenters. The number of hydrogen-bond donors (Lipinski definition) is 2. The third kappa shape index (κ3) is 5.76. The lowest BCUT2D eigenvalue weighted by molar-refractivity contribution is -0.137. The fraction of sp³-hybridized carbons (Fsp3) is 0.750. The quantitative estimate of drug-likeness (QED) is 0.658. The molecule has 2 N–H and O–H groups in total. The first-order chi connectivity index (χ1) is 9.15. The molecule has 0 fully saturated rings. The molecule has 0 aliphatic carbocycles. The number of hydrogen-bond acceptors (Lipinski definition) is 2. The van der Waals surface area contributed by atoms with Gasteiger partial charge in [-0.05, 0) is 17.8 Å². The van der Waals surface area contributed by atoms with Gasteiger partial charge < -0.3 is 10.2 Å². The van der Waals surface area contributed by atoms with E-state index in [1.807, 2.05) is 6.92 Å². The highest BCUT2D eigenvalue weighted by Crippen LogP contribution is 2.32. The van der Waals surface area contributed by atoms with Gasteiger partial charge in [-0.3, -0.25) is 0 Å². The maximum atomic E-state index is 11.5. The van der Waals surface area contributed by atoms with Crippen molar-refractivity contribution in [2.45, 2.75) is 66.7 Å². The van der Waals surface area contributed by atoms with Crippen LogP contribution in [0.25, 0.3) is 0 Å². The van der Waals surface area contributed by atoms with E-state index >= 15 is 0 Å². The van der Waals surface area contributed by atoms with Crippen LogP contribution >= 0.6 is 0 Å². The van der Waals surface area contributed by atoms with Gasteiger partial charge in [0, 0.05) is 5.57 Å². The Hall–Kier alpha value is -1.32. The summed E-state index contributed by atoms with van der Waals surface area (Å²) in [4.78, 5) is 23.0. The summed E-state index contributed by atoms with van der Waals surface area (Å²) in [7, 11) is 0. The summed E-state index contributed by atoms with van der Waals surface area (Å²) >= 11 is 0. The summed E-state index contributed by atoms with van der Waals surface area (Å²) in [6.45, 7) is 9.35. The smallest absolute Gasteiger partial charge is 0.332 e. The van der Waals surface area contributed by atoms with Crippen LogP contribution in [0.1, 0.15) is 66.7 Å². The average Bonchev–Trinajstić information content (AvgIpc) is 2.30. The molecular weight excluding hydrogens is 256 g/mol. The summed E-state index contributed by atoms with van der Waals surface area (Å²) in [6.07, 6.45) is 4.26. The maximum Gasteiger partial charge on any atom is 0.332 e. The Kier molecular flexibility index (Phi) is 7.54. The van der Waals surface area contributed by atoms with Gasteiger partial charge >= 0.3 is 11.9 Å². The zero-order chi connectivity index (χ0) is 15.9. The molecule has 20 heavy (non-hydrogen) atoms. The lowest BCUT2D eigenvalue weighted by Crippen LogP contribution is -2.24. The molecule has 0 rings (SSSR count). The van der Waals surface area contributed by atoms with Gasteiger partial charge in [0.1, 0.15) is 0 Å². The molecule has 0 amide bonds. The van der Waals surface area contributed by atoms with E-state index < -0.39 is 17.4 Å². The Morgan fingerprint density at radius 2 is 1.60 bits per heavy atom. The molecule has 4 heteroatoms. The van der Waals surface area contributed by atoms with Crippen LogP contribution in [0.2, 0.25) is 0 Å². The first-order valence-electron chi connectivity index (χ1n) is 7.35. The van der Waals surface area contributed by atoms with E-state index in [-0.39, 0.29) is 17.1 Å². The van der Waals surface area contributed by atoms with Crippen molar-refractivity contribution in [1.82, 2.24) is 0 Å². The molecule has 0 aromatic heterocycles. The zero-order valence-electron chi connectivity index (χ0n) is 13.3. The van der Waals surface area contributed by atoms with Crippen molar-refractivity contribution in [3.63, 3.8) is 0 Å². The SMILES string of the molecule is CCCCC(CC)C/C(C(=O)O)=C(\C(=O)O)C(C)(C)C. The van der Waals surface area contributed by atoms with Crippen LogP contribution in [0, 0.1) is 11.3 Å². The highest BCUT2D eigenvalue weighted by molar-refractivity contribution is 5.99. The topological polar surface area (TPSA) is 74.6 Å². The zero-order valence-corrected chi connectivity index (χ0v) is 13.3. The van der Waals surface area contributed by atoms with Crippen LogP contribution in [0.15, 0.2) is 11.1 Å². The van der Waals surface area contributed by atoms with Crippen molar-refractivity contribution in [3.05, 3.63) is 11.1 Å². The second kappa shape index (κ2) is 8.08. The number of rotatable bonds is 8. The van der Waals surface area contributed by atoms with Gasteiger partial charge in [0.2, 0.25) is 0 Å². The largest absolute Gasteiger partial charge is 0.478 e. The second-order valence-electron chi connectivity index (χ2n) is 6.33. The van der Waals surface area contributed by atoms with Crippen LogP contribution in [0.4, 0.5) is 0 Å². The molecule has 0 aliphatic rings. The van der Waals surface area contributed by atoms with Crippen LogP contribution in [0.3, 0.4) is 0 Å². The maximum absolute atomic E-state index is 11.5. The Balaban J connectivity index is 5.49. The van der Waals surface area contributed by atoms with E-state index in [0.717, 1.165) is 25.7 Å². The predicted molar refractivity (Wildman–Crippen MR) is 79.7 cm³/mol. The van der Waals surface area contributed by atoms with Crippen molar-refractivity contribution in [2.24, 2.45) is 11.3 Å². The number of carbonyl (C=O) groups is 2. The minimum absolute atomic E-state index is 0.0277. The standard InChI is InChI=1S/C16H28O4/c1-6-8-9-11(7-2)10-12(14(17)18)13(15(19)20)16(3,4)5/h11H,6-10H2,1-5H3,(H,17,18)(H,19,20)/b13-12-. The van der Waals surface area contributed by atoms with Crippen molar-refractivity contribution in [3.8, 4) is 0 Å². The van der Waals surface area contributed by atoms with Gasteiger partial charge in [-0.1, -0.05) is 60.3 Å². The molecule has 4 nitrogen and oxygen atoms in total. The first-order valence-corrected chi connectivity index (χ1v) is 7.35. The van der Waals surface area contributed by atoms with E-state index in [4.69, 9.17) is 0 Å². The minimum Gasteiger partial charge on any atom is -0.478 e. The predicted octanol–water partition coefficient (Wildman–Crippen LogP) is 4.10. The Morgan fingerprint density at radius 1 is 1.05 bits per heavy atom. The molecule has 116 valence electrons. The molecule has 1 atom stereocenters. The summed E-state index contributed by atoms with van der Waals surface area (Å²) in [6, 6.07) is 0. The highest BCUT2D eigenvalue weighted by Gasteiger charge is 2.31. The molecule has 0 saturated heterocycles. The van der Waals surface area contributed by atoms with Crippen LogP contribution in [-0.4, -0.2) is 22.2 Å². The molecule has 0 aromatic carbocycles. The van der Waals surface area contributed by atoms with Crippen LogP contribution < -0.4 is 0 Å². The van der Waals surface area contributed by atoms with Gasteiger partial charge in [-0.15, -0.1) is 0 Å². The van der Waals surface area contributed by atoms with Crippen LogP contribution in [0.5, 0.6) is 0 Å². The summed E-state index contributed by atoms with van der Waals surface area (Å²) in [5, 5.41) is 18.8. The van der Waals surface area contributed by atoms with Crippen molar-refractivity contribution < 1.29 is 19.8 Å². The molecule has 0 bridgehead atoms. The molecule has 0 saturated carbocycles. The van der Waals surface area contributed by atoms with Gasteiger partial charge in [-0.2, -0.15) is 0 Å². The molecular formula is C16H28O4. The van der Waals surface area contributed by atoms with E-state index in [1.54, 1.807) is 20.8 Å². The fourth-order valence-electron chi connectivity index (χ4n) is 2.43. The van der Waals surface area contributed by atoms with Gasteiger partial charge in [0.25, 0.3) is 0 Å². The molecule has 0 radical (unpaired) electrons. The third-order valence-corrected chi connectivity index (χ3v) is 3.56. The molecule has 0 spiro atoms. The third-order valence-electron chi connectivity index (χ3n) is 3.56. The van der Waals surface area contributed by atoms with Gasteiger partial charge in [-0.25, -0.2) is 9.59 Å². The lowest BCUT2D eigenvalue weighted by atomic mass is 9.80. The Labute approximate surface area is 121 Å². The summed E-state index contributed by atoms with van der Waals surface area (Å²) < 4.78 is 0. The van der Waals surface area contributed by atoms with E-state index in [0.29, 0.717) is 6.42 Å². The Morgan fingerprint density at radius 3 is 1.90 bits per heavy atom. The van der Waals surface area contributed by atoms with E-state index in [2.05, 4.69) is 6.92 Å². The molecule has 0 heterocycles. The lowest BCUT2D eigenvalue weighted by Gasteiger charge is -2.24. The number of carboxylic acids is 2. The first kappa shape index (κ1) is 18.7. The van der Waals surface area contributed by atoms with E-state index in [9.17, 15) is 19.8 Å². The van der Waals surface area contributed by atoms with Gasteiger partial charge in [0.05, 0.1) is 5.57 Å². The number of aliphatic carboxylic acids is 2. The number of unbranched alkanes of at least 4 members (excludes halogenated alkanes) is 1. The van der Waals surface area contributed by atoms with Crippen LogP contribution in [-0.2, 0) is 9.59 Å². The van der Waals surface area contributed by atoms with Crippen molar-refractivity contribution >= 4 is 11.9 Å². The summed E-state index contributed by atoms with van der Waals surface area (Å²) in [5.41, 5.74) is -0.587. The van der Waals surface area contributed by atoms with E-state index in [1.165, 1.54) is 0 Å². The fourth-order valence-corrected chi connectivity index (χ4v) is 2.43. The molecule has 0 aliphatic heterocycles. The monoisotopic (exact) mass is 284 g/mol. The average molecular weight is 284 g/mol. The van der Waals surface area contributed by atoms with Gasteiger partial charge in [0.15, 0.2) is 0 Å². The minimum atomic E-state index is -1.12. The Bertz CT molecular complexity index is 374. The number of carboxylic acid groups (broad SMARTS) is 2.